The Bertz CT molecular complexity index is 415. The number of hydrogen-bond donors (Lipinski definition) is 1. The maximum atomic E-state index is 11.4. The molecule has 1 N–H and O–H groups in total. The number of sulfonamides is 1. The minimum absolute atomic E-state index is 0.313. The first-order valence-electron chi connectivity index (χ1n) is 5.62. The van der Waals surface area contributed by atoms with Gasteiger partial charge >= 0.3 is 0 Å². The van der Waals surface area contributed by atoms with Gasteiger partial charge in [0.05, 0.1) is 18.5 Å². The van der Waals surface area contributed by atoms with Gasteiger partial charge in [-0.2, -0.15) is 0 Å². The van der Waals surface area contributed by atoms with Crippen LogP contribution in [0.15, 0.2) is 30.3 Å². The molecule has 0 radical (unpaired) electrons. The van der Waals surface area contributed by atoms with E-state index in [0.717, 1.165) is 5.56 Å². The van der Waals surface area contributed by atoms with Crippen molar-refractivity contribution in [2.45, 2.75) is 25.7 Å². The Morgan fingerprint density at radius 3 is 2.47 bits per heavy atom. The molecule has 0 fully saturated rings. The first-order valence-corrected chi connectivity index (χ1v) is 7.17. The van der Waals surface area contributed by atoms with E-state index in [-0.39, 0.29) is 0 Å². The number of nitrogens with one attached hydrogen (secondary N) is 1. The van der Waals surface area contributed by atoms with Crippen molar-refractivity contribution in [2.24, 2.45) is 0 Å². The van der Waals surface area contributed by atoms with Crippen LogP contribution in [-0.2, 0) is 21.4 Å². The third-order valence-corrected chi connectivity index (χ3v) is 4.13. The molecule has 0 aliphatic heterocycles. The molecular weight excluding hydrogens is 238 g/mol. The predicted molar refractivity (Wildman–Crippen MR) is 68.2 cm³/mol. The van der Waals surface area contributed by atoms with Crippen LogP contribution in [0.5, 0.6) is 0 Å². The van der Waals surface area contributed by atoms with Gasteiger partial charge in [0.1, 0.15) is 0 Å². The van der Waals surface area contributed by atoms with Gasteiger partial charge in [-0.05, 0) is 19.4 Å². The predicted octanol–water partition coefficient (Wildman–Crippen LogP) is 1.53. The molecule has 96 valence electrons. The normalized spacial score (nSPS) is 11.9. The van der Waals surface area contributed by atoms with Crippen LogP contribution in [0, 0.1) is 0 Å². The van der Waals surface area contributed by atoms with Crippen molar-refractivity contribution in [3.63, 3.8) is 0 Å². The molecule has 0 unspecified atom stereocenters. The quantitative estimate of drug-likeness (QED) is 0.754. The molecule has 0 atom stereocenters. The number of ether oxygens (including phenoxy) is 1. The van der Waals surface area contributed by atoms with Crippen LogP contribution in [0.2, 0.25) is 0 Å². The Morgan fingerprint density at radius 2 is 1.88 bits per heavy atom. The van der Waals surface area contributed by atoms with E-state index in [0.29, 0.717) is 19.8 Å². The molecule has 0 amide bonds. The molecule has 0 aliphatic rings. The largest absolute Gasteiger partial charge is 0.375 e. The zero-order valence-electron chi connectivity index (χ0n) is 10.2. The van der Waals surface area contributed by atoms with E-state index in [2.05, 4.69) is 4.72 Å². The summed E-state index contributed by atoms with van der Waals surface area (Å²) >= 11 is 0. The van der Waals surface area contributed by atoms with E-state index in [1.165, 1.54) is 0 Å². The fourth-order valence-corrected chi connectivity index (χ4v) is 1.89. The molecule has 0 aromatic heterocycles. The Labute approximate surface area is 103 Å². The number of rotatable bonds is 7. The highest BCUT2D eigenvalue weighted by Gasteiger charge is 2.13. The third-order valence-electron chi connectivity index (χ3n) is 2.28. The highest BCUT2D eigenvalue weighted by atomic mass is 32.2. The summed E-state index contributed by atoms with van der Waals surface area (Å²) in [6.07, 6.45) is 0. The molecule has 5 heteroatoms. The first kappa shape index (κ1) is 14.2. The van der Waals surface area contributed by atoms with Crippen LogP contribution in [0.4, 0.5) is 0 Å². The summed E-state index contributed by atoms with van der Waals surface area (Å²) in [7, 11) is -3.17. The van der Waals surface area contributed by atoms with E-state index in [9.17, 15) is 8.42 Å². The lowest BCUT2D eigenvalue weighted by Gasteiger charge is -2.09. The Morgan fingerprint density at radius 1 is 1.24 bits per heavy atom. The Balaban J connectivity index is 2.18. The maximum absolute atomic E-state index is 11.4. The Kier molecular flexibility index (Phi) is 5.61. The van der Waals surface area contributed by atoms with Crippen LogP contribution in [0.3, 0.4) is 0 Å². The minimum Gasteiger partial charge on any atom is -0.375 e. The molecule has 1 rings (SSSR count). The monoisotopic (exact) mass is 257 g/mol. The molecule has 4 nitrogen and oxygen atoms in total. The molecule has 1 aromatic rings. The summed E-state index contributed by atoms with van der Waals surface area (Å²) in [6, 6.07) is 9.77. The number of hydrogen-bond acceptors (Lipinski definition) is 3. The van der Waals surface area contributed by atoms with Gasteiger partial charge in [0, 0.05) is 6.54 Å². The SMILES string of the molecule is CC(C)S(=O)(=O)NCCOCc1ccccc1. The van der Waals surface area contributed by atoms with Gasteiger partial charge in [-0.15, -0.1) is 0 Å². The van der Waals surface area contributed by atoms with E-state index >= 15 is 0 Å². The lowest BCUT2D eigenvalue weighted by Crippen LogP contribution is -2.33. The zero-order valence-corrected chi connectivity index (χ0v) is 11.0. The summed E-state index contributed by atoms with van der Waals surface area (Å²) in [5, 5.41) is -0.406. The van der Waals surface area contributed by atoms with Crippen LogP contribution >= 0.6 is 0 Å². The van der Waals surface area contributed by atoms with Gasteiger partial charge < -0.3 is 4.74 Å². The van der Waals surface area contributed by atoms with Crippen LogP contribution in [0.1, 0.15) is 19.4 Å². The van der Waals surface area contributed by atoms with Crippen LogP contribution < -0.4 is 4.72 Å². The molecule has 17 heavy (non-hydrogen) atoms. The fraction of sp³-hybridized carbons (Fsp3) is 0.500. The molecule has 0 spiro atoms. The van der Waals surface area contributed by atoms with E-state index < -0.39 is 15.3 Å². The second-order valence-electron chi connectivity index (χ2n) is 4.03. The molecule has 0 saturated heterocycles. The highest BCUT2D eigenvalue weighted by molar-refractivity contribution is 7.90. The summed E-state index contributed by atoms with van der Waals surface area (Å²) < 4.78 is 30.7. The summed E-state index contributed by atoms with van der Waals surface area (Å²) in [5.41, 5.74) is 1.08. The maximum Gasteiger partial charge on any atom is 0.214 e. The van der Waals surface area contributed by atoms with E-state index in [1.54, 1.807) is 13.8 Å². The molecule has 0 bridgehead atoms. The standard InChI is InChI=1S/C12H19NO3S/c1-11(2)17(14,15)13-8-9-16-10-12-6-4-3-5-7-12/h3-7,11,13H,8-10H2,1-2H3. The second kappa shape index (κ2) is 6.74. The fourth-order valence-electron chi connectivity index (χ4n) is 1.19. The molecular formula is C12H19NO3S. The van der Waals surface area contributed by atoms with Crippen molar-refractivity contribution in [2.75, 3.05) is 13.2 Å². The van der Waals surface area contributed by atoms with Crippen LogP contribution in [-0.4, -0.2) is 26.8 Å². The minimum atomic E-state index is -3.17. The smallest absolute Gasteiger partial charge is 0.214 e. The highest BCUT2D eigenvalue weighted by Crippen LogP contribution is 2.00. The zero-order chi connectivity index (χ0) is 12.7. The second-order valence-corrected chi connectivity index (χ2v) is 6.35. The van der Waals surface area contributed by atoms with Crippen molar-refractivity contribution in [1.29, 1.82) is 0 Å². The molecule has 0 heterocycles. The van der Waals surface area contributed by atoms with Crippen molar-refractivity contribution >= 4 is 10.0 Å². The van der Waals surface area contributed by atoms with Gasteiger partial charge in [0.2, 0.25) is 10.0 Å². The number of benzene rings is 1. The van der Waals surface area contributed by atoms with Crippen molar-refractivity contribution in [3.05, 3.63) is 35.9 Å². The lowest BCUT2D eigenvalue weighted by atomic mass is 10.2. The average molecular weight is 257 g/mol. The van der Waals surface area contributed by atoms with Crippen LogP contribution in [0.25, 0.3) is 0 Å². The topological polar surface area (TPSA) is 55.4 Å². The summed E-state index contributed by atoms with van der Waals surface area (Å²) in [6.45, 7) is 4.48. The van der Waals surface area contributed by atoms with Gasteiger partial charge in [-0.25, -0.2) is 13.1 Å². The van der Waals surface area contributed by atoms with Gasteiger partial charge in [0.25, 0.3) is 0 Å². The van der Waals surface area contributed by atoms with Crippen molar-refractivity contribution < 1.29 is 13.2 Å². The average Bonchev–Trinajstić information content (AvgIpc) is 2.29. The van der Waals surface area contributed by atoms with Gasteiger partial charge in [-0.1, -0.05) is 30.3 Å². The van der Waals surface area contributed by atoms with Crippen molar-refractivity contribution in [1.82, 2.24) is 4.72 Å². The van der Waals surface area contributed by atoms with E-state index in [1.807, 2.05) is 30.3 Å². The van der Waals surface area contributed by atoms with Crippen molar-refractivity contribution in [3.8, 4) is 0 Å². The molecule has 0 saturated carbocycles. The Hall–Kier alpha value is -0.910. The summed E-state index contributed by atoms with van der Waals surface area (Å²) in [5.74, 6) is 0. The first-order chi connectivity index (χ1) is 8.02. The van der Waals surface area contributed by atoms with E-state index in [4.69, 9.17) is 4.74 Å². The lowest BCUT2D eigenvalue weighted by molar-refractivity contribution is 0.126. The molecule has 0 aliphatic carbocycles. The van der Waals surface area contributed by atoms with Gasteiger partial charge in [-0.3, -0.25) is 0 Å². The summed E-state index contributed by atoms with van der Waals surface area (Å²) in [4.78, 5) is 0. The van der Waals surface area contributed by atoms with Gasteiger partial charge in [0.15, 0.2) is 0 Å². The molecule has 1 aromatic carbocycles. The third kappa shape index (κ3) is 5.30.